The van der Waals surface area contributed by atoms with Crippen molar-refractivity contribution in [2.75, 3.05) is 26.7 Å². The molecule has 0 atom stereocenters. The van der Waals surface area contributed by atoms with Crippen molar-refractivity contribution in [1.82, 2.24) is 10.2 Å². The molecule has 1 aliphatic carbocycles. The van der Waals surface area contributed by atoms with Crippen molar-refractivity contribution < 1.29 is 19.4 Å². The lowest BCUT2D eigenvalue weighted by Gasteiger charge is -2.36. The summed E-state index contributed by atoms with van der Waals surface area (Å²) < 4.78 is 11.7. The third kappa shape index (κ3) is 5.74. The number of carbonyl (C=O) groups excluding carboxylic acids is 1. The van der Waals surface area contributed by atoms with Crippen LogP contribution < -0.4 is 14.8 Å². The first-order chi connectivity index (χ1) is 15.6. The van der Waals surface area contributed by atoms with Crippen molar-refractivity contribution in [1.29, 1.82) is 0 Å². The van der Waals surface area contributed by atoms with E-state index >= 15 is 0 Å². The fraction of sp³-hybridized carbons (Fsp3) is 0.500. The molecule has 2 aromatic carbocycles. The third-order valence-electron chi connectivity index (χ3n) is 6.68. The van der Waals surface area contributed by atoms with Crippen molar-refractivity contribution in [3.63, 3.8) is 0 Å². The summed E-state index contributed by atoms with van der Waals surface area (Å²) in [6.45, 7) is 2.64. The zero-order valence-corrected chi connectivity index (χ0v) is 18.9. The van der Waals surface area contributed by atoms with E-state index in [1.54, 1.807) is 25.3 Å². The van der Waals surface area contributed by atoms with Crippen LogP contribution in [0.1, 0.15) is 54.4 Å². The molecule has 0 unspecified atom stereocenters. The van der Waals surface area contributed by atoms with Gasteiger partial charge in [-0.3, -0.25) is 4.79 Å². The van der Waals surface area contributed by atoms with Gasteiger partial charge in [-0.25, -0.2) is 0 Å². The van der Waals surface area contributed by atoms with Crippen LogP contribution >= 0.6 is 0 Å². The van der Waals surface area contributed by atoms with Crippen molar-refractivity contribution in [3.05, 3.63) is 53.6 Å². The molecule has 2 aromatic rings. The monoisotopic (exact) mass is 438 g/mol. The number of piperidine rings is 1. The lowest BCUT2D eigenvalue weighted by atomic mass is 10.0. The van der Waals surface area contributed by atoms with Gasteiger partial charge in [-0.05, 0) is 68.0 Å². The second-order valence-corrected chi connectivity index (χ2v) is 8.83. The molecule has 2 N–H and O–H groups in total. The Morgan fingerprint density at radius 1 is 1.06 bits per heavy atom. The molecule has 1 heterocycles. The lowest BCUT2D eigenvalue weighted by molar-refractivity contribution is 0.0750. The molecule has 2 aliphatic rings. The number of benzene rings is 2. The van der Waals surface area contributed by atoms with Crippen molar-refractivity contribution in [3.8, 4) is 17.2 Å². The minimum atomic E-state index is -0.166. The highest BCUT2D eigenvalue weighted by molar-refractivity contribution is 5.97. The van der Waals surface area contributed by atoms with Gasteiger partial charge in [0.15, 0.2) is 0 Å². The zero-order valence-electron chi connectivity index (χ0n) is 18.9. The van der Waals surface area contributed by atoms with Gasteiger partial charge in [-0.2, -0.15) is 0 Å². The van der Waals surface area contributed by atoms with Gasteiger partial charge in [0.25, 0.3) is 5.91 Å². The molecule has 6 heteroatoms. The number of amides is 1. The summed E-state index contributed by atoms with van der Waals surface area (Å²) in [6.07, 6.45) is 8.18. The van der Waals surface area contributed by atoms with E-state index in [2.05, 4.69) is 10.2 Å². The molecule has 0 spiro atoms. The summed E-state index contributed by atoms with van der Waals surface area (Å²) in [6, 6.07) is 13.2. The Kier molecular flexibility index (Phi) is 7.53. The number of likely N-dealkylation sites (tertiary alicyclic amines) is 1. The molecule has 4 rings (SSSR count). The van der Waals surface area contributed by atoms with Crippen LogP contribution in [0.3, 0.4) is 0 Å². The number of hydrogen-bond acceptors (Lipinski definition) is 5. The predicted molar refractivity (Wildman–Crippen MR) is 125 cm³/mol. The van der Waals surface area contributed by atoms with E-state index in [9.17, 15) is 9.90 Å². The zero-order chi connectivity index (χ0) is 22.3. The molecule has 32 heavy (non-hydrogen) atoms. The molecule has 0 aromatic heterocycles. The Labute approximate surface area is 190 Å². The van der Waals surface area contributed by atoms with Crippen LogP contribution in [0.2, 0.25) is 0 Å². The molecule has 172 valence electrons. The second kappa shape index (κ2) is 10.7. The molecular formula is C26H34N2O4. The van der Waals surface area contributed by atoms with E-state index in [1.165, 1.54) is 25.7 Å². The number of aromatic hydroxyl groups is 1. The maximum atomic E-state index is 13.0. The Morgan fingerprint density at radius 2 is 1.78 bits per heavy atom. The average Bonchev–Trinajstić information content (AvgIpc) is 3.36. The van der Waals surface area contributed by atoms with Crippen LogP contribution in [-0.2, 0) is 6.42 Å². The van der Waals surface area contributed by atoms with Gasteiger partial charge in [0.05, 0.1) is 12.7 Å². The molecule has 1 aliphatic heterocycles. The lowest BCUT2D eigenvalue weighted by Crippen LogP contribution is -2.43. The summed E-state index contributed by atoms with van der Waals surface area (Å²) in [4.78, 5) is 15.6. The van der Waals surface area contributed by atoms with Crippen LogP contribution in [0, 0.1) is 0 Å². The Hall–Kier alpha value is -2.73. The Morgan fingerprint density at radius 3 is 2.47 bits per heavy atom. The van der Waals surface area contributed by atoms with Crippen LogP contribution in [-0.4, -0.2) is 54.8 Å². The number of hydrogen-bond donors (Lipinski definition) is 2. The molecule has 1 saturated carbocycles. The molecule has 0 bridgehead atoms. The topological polar surface area (TPSA) is 71.0 Å². The highest BCUT2D eigenvalue weighted by atomic mass is 16.5. The summed E-state index contributed by atoms with van der Waals surface area (Å²) in [7, 11) is 1.60. The fourth-order valence-electron chi connectivity index (χ4n) is 4.80. The van der Waals surface area contributed by atoms with E-state index in [0.29, 0.717) is 30.0 Å². The third-order valence-corrected chi connectivity index (χ3v) is 6.68. The molecule has 0 radical (unpaired) electrons. The Bertz CT molecular complexity index is 885. The number of carbonyl (C=O) groups is 1. The largest absolute Gasteiger partial charge is 0.508 e. The van der Waals surface area contributed by atoms with Gasteiger partial charge in [0.2, 0.25) is 0 Å². The van der Waals surface area contributed by atoms with Gasteiger partial charge >= 0.3 is 0 Å². The van der Waals surface area contributed by atoms with Gasteiger partial charge in [-0.1, -0.05) is 25.0 Å². The molecule has 1 amide bonds. The summed E-state index contributed by atoms with van der Waals surface area (Å²) in [5.74, 6) is 1.33. The van der Waals surface area contributed by atoms with E-state index in [0.717, 1.165) is 37.5 Å². The highest BCUT2D eigenvalue weighted by Crippen LogP contribution is 2.30. The molecular weight excluding hydrogens is 404 g/mol. The smallest absolute Gasteiger partial charge is 0.255 e. The molecule has 1 saturated heterocycles. The van der Waals surface area contributed by atoms with Crippen LogP contribution in [0.15, 0.2) is 42.5 Å². The standard InChI is InChI=1S/C26H34N2O4/c1-31-23-10-11-25(32-22-13-16-28(17-14-22)20-4-2-3-5-20)24(18-23)26(30)27-15-12-19-6-8-21(29)9-7-19/h6-11,18,20,22,29H,2-5,12-17H2,1H3,(H,27,30). The van der Waals surface area contributed by atoms with Gasteiger partial charge in [0.1, 0.15) is 23.4 Å². The van der Waals surface area contributed by atoms with Crippen LogP contribution in [0.4, 0.5) is 0 Å². The van der Waals surface area contributed by atoms with Crippen molar-refractivity contribution in [2.24, 2.45) is 0 Å². The Balaban J connectivity index is 1.35. The number of phenols is 1. The van der Waals surface area contributed by atoms with E-state index in [4.69, 9.17) is 9.47 Å². The molecule has 6 nitrogen and oxygen atoms in total. The van der Waals surface area contributed by atoms with E-state index in [1.807, 2.05) is 24.3 Å². The van der Waals surface area contributed by atoms with Gasteiger partial charge in [0, 0.05) is 25.7 Å². The summed E-state index contributed by atoms with van der Waals surface area (Å²) in [5.41, 5.74) is 1.56. The molecule has 2 fully saturated rings. The normalized spacial score (nSPS) is 17.9. The fourth-order valence-corrected chi connectivity index (χ4v) is 4.80. The predicted octanol–water partition coefficient (Wildman–Crippen LogP) is 4.16. The number of nitrogens with zero attached hydrogens (tertiary/aromatic N) is 1. The van der Waals surface area contributed by atoms with Gasteiger partial charge < -0.3 is 24.8 Å². The first-order valence-corrected chi connectivity index (χ1v) is 11.8. The maximum Gasteiger partial charge on any atom is 0.255 e. The quantitative estimate of drug-likeness (QED) is 0.648. The number of nitrogens with one attached hydrogen (secondary N) is 1. The number of phenolic OH excluding ortho intramolecular Hbond substituents is 1. The number of rotatable bonds is 8. The number of methoxy groups -OCH3 is 1. The summed E-state index contributed by atoms with van der Waals surface area (Å²) in [5, 5.41) is 12.4. The van der Waals surface area contributed by atoms with Gasteiger partial charge in [-0.15, -0.1) is 0 Å². The first-order valence-electron chi connectivity index (χ1n) is 11.8. The SMILES string of the molecule is COc1ccc(OC2CCN(C3CCCC3)CC2)c(C(=O)NCCc2ccc(O)cc2)c1. The highest BCUT2D eigenvalue weighted by Gasteiger charge is 2.28. The second-order valence-electron chi connectivity index (χ2n) is 8.83. The minimum Gasteiger partial charge on any atom is -0.508 e. The average molecular weight is 439 g/mol. The number of ether oxygens (including phenoxy) is 2. The maximum absolute atomic E-state index is 13.0. The van der Waals surface area contributed by atoms with Crippen LogP contribution in [0.25, 0.3) is 0 Å². The van der Waals surface area contributed by atoms with E-state index in [-0.39, 0.29) is 17.8 Å². The van der Waals surface area contributed by atoms with E-state index < -0.39 is 0 Å². The van der Waals surface area contributed by atoms with Crippen LogP contribution in [0.5, 0.6) is 17.2 Å². The van der Waals surface area contributed by atoms with Crippen molar-refractivity contribution in [2.45, 2.75) is 57.1 Å². The summed E-state index contributed by atoms with van der Waals surface area (Å²) >= 11 is 0. The first kappa shape index (κ1) is 22.5. The van der Waals surface area contributed by atoms with Crippen molar-refractivity contribution >= 4 is 5.91 Å². The minimum absolute atomic E-state index is 0.129.